The molecule has 4 rings (SSSR count). The number of pyridine rings is 1. The molecule has 1 aromatic carbocycles. The van der Waals surface area contributed by atoms with Crippen LogP contribution in [0.4, 0.5) is 5.13 Å². The second kappa shape index (κ2) is 7.00. The highest BCUT2D eigenvalue weighted by molar-refractivity contribution is 7.20. The van der Waals surface area contributed by atoms with E-state index in [-0.39, 0.29) is 6.61 Å². The molecule has 0 amide bonds. The molecule has 0 aliphatic carbocycles. The lowest BCUT2D eigenvalue weighted by Crippen LogP contribution is -2.06. The molecule has 25 heavy (non-hydrogen) atoms. The van der Waals surface area contributed by atoms with Crippen LogP contribution in [-0.4, -0.2) is 31.2 Å². The molecule has 0 radical (unpaired) electrons. The van der Waals surface area contributed by atoms with Gasteiger partial charge in [-0.2, -0.15) is 0 Å². The molecule has 0 unspecified atom stereocenters. The fraction of sp³-hybridized carbons (Fsp3) is 0.167. The van der Waals surface area contributed by atoms with Crippen LogP contribution >= 0.6 is 11.3 Å². The van der Waals surface area contributed by atoms with Crippen LogP contribution < -0.4 is 5.32 Å². The normalized spacial score (nSPS) is 11.1. The average Bonchev–Trinajstić information content (AvgIpc) is 3.23. The summed E-state index contributed by atoms with van der Waals surface area (Å²) in [5.41, 5.74) is 3.91. The van der Waals surface area contributed by atoms with Crippen molar-refractivity contribution in [2.45, 2.75) is 13.0 Å². The maximum atomic E-state index is 9.16. The van der Waals surface area contributed by atoms with E-state index in [0.29, 0.717) is 0 Å². The van der Waals surface area contributed by atoms with Gasteiger partial charge in [-0.1, -0.05) is 41.7 Å². The Morgan fingerprint density at radius 3 is 2.72 bits per heavy atom. The minimum atomic E-state index is 0.0448. The van der Waals surface area contributed by atoms with E-state index in [4.69, 9.17) is 5.11 Å². The van der Waals surface area contributed by atoms with Crippen molar-refractivity contribution in [2.75, 3.05) is 11.9 Å². The van der Waals surface area contributed by atoms with Crippen LogP contribution in [0.1, 0.15) is 11.3 Å². The third-order valence-electron chi connectivity index (χ3n) is 3.90. The Kier molecular flexibility index (Phi) is 4.41. The van der Waals surface area contributed by atoms with Gasteiger partial charge in [-0.15, -0.1) is 5.10 Å². The van der Waals surface area contributed by atoms with Crippen molar-refractivity contribution in [1.82, 2.24) is 19.6 Å². The lowest BCUT2D eigenvalue weighted by atomic mass is 10.1. The lowest BCUT2D eigenvalue weighted by Gasteiger charge is -2.02. The molecule has 6 nitrogen and oxygen atoms in total. The molecule has 0 aliphatic heterocycles. The maximum Gasteiger partial charge on any atom is 0.214 e. The molecule has 4 aromatic rings. The van der Waals surface area contributed by atoms with E-state index in [9.17, 15) is 0 Å². The molecule has 7 heteroatoms. The van der Waals surface area contributed by atoms with E-state index in [1.165, 1.54) is 11.3 Å². The summed E-state index contributed by atoms with van der Waals surface area (Å²) in [6.45, 7) is 0.817. The van der Waals surface area contributed by atoms with Crippen molar-refractivity contribution in [3.63, 3.8) is 0 Å². The molecular formula is C18H17N5OS. The molecule has 126 valence electrons. The number of aliphatic hydroxyl groups is 1. The van der Waals surface area contributed by atoms with Gasteiger partial charge < -0.3 is 10.4 Å². The second-order valence-electron chi connectivity index (χ2n) is 5.60. The summed E-state index contributed by atoms with van der Waals surface area (Å²) in [6.07, 6.45) is 4.48. The molecule has 0 spiro atoms. The standard InChI is InChI=1S/C18H17N5OS/c24-12-13-4-6-14(7-5-13)16-11-21-18-23(16)22-17(25-18)20-10-8-15-3-1-2-9-19-15/h1-7,9,11,24H,8,10,12H2,(H,20,22). The summed E-state index contributed by atoms with van der Waals surface area (Å²) in [4.78, 5) is 9.61. The third kappa shape index (κ3) is 3.38. The SMILES string of the molecule is OCc1ccc(-c2cnc3sc(NCCc4ccccn4)nn23)cc1. The number of aliphatic hydroxyl groups excluding tert-OH is 1. The van der Waals surface area contributed by atoms with Gasteiger partial charge in [-0.25, -0.2) is 9.50 Å². The van der Waals surface area contributed by atoms with Gasteiger partial charge in [-0.05, 0) is 17.7 Å². The Hall–Kier alpha value is -2.77. The summed E-state index contributed by atoms with van der Waals surface area (Å²) in [5, 5.41) is 18.0. The highest BCUT2D eigenvalue weighted by Crippen LogP contribution is 2.26. The Bertz CT molecular complexity index is 962. The lowest BCUT2D eigenvalue weighted by molar-refractivity contribution is 0.282. The van der Waals surface area contributed by atoms with Crippen LogP contribution in [-0.2, 0) is 13.0 Å². The first-order chi connectivity index (χ1) is 12.3. The molecule has 0 saturated heterocycles. The van der Waals surface area contributed by atoms with Gasteiger partial charge in [0.25, 0.3) is 0 Å². The van der Waals surface area contributed by atoms with Crippen LogP contribution in [0.5, 0.6) is 0 Å². The second-order valence-corrected chi connectivity index (χ2v) is 6.55. The van der Waals surface area contributed by atoms with E-state index in [0.717, 1.165) is 45.6 Å². The highest BCUT2D eigenvalue weighted by atomic mass is 32.1. The summed E-state index contributed by atoms with van der Waals surface area (Å²) in [7, 11) is 0. The Balaban J connectivity index is 1.49. The van der Waals surface area contributed by atoms with Crippen molar-refractivity contribution in [3.8, 4) is 11.3 Å². The van der Waals surface area contributed by atoms with E-state index in [1.807, 2.05) is 53.2 Å². The summed E-state index contributed by atoms with van der Waals surface area (Å²) in [6, 6.07) is 13.7. The topological polar surface area (TPSA) is 75.3 Å². The van der Waals surface area contributed by atoms with Crippen LogP contribution in [0.2, 0.25) is 0 Å². The van der Waals surface area contributed by atoms with Crippen molar-refractivity contribution >= 4 is 21.4 Å². The van der Waals surface area contributed by atoms with Crippen molar-refractivity contribution < 1.29 is 5.11 Å². The predicted octanol–water partition coefficient (Wildman–Crippen LogP) is 3.00. The van der Waals surface area contributed by atoms with Crippen molar-refractivity contribution in [3.05, 3.63) is 66.1 Å². The number of rotatable bonds is 6. The van der Waals surface area contributed by atoms with Crippen molar-refractivity contribution in [1.29, 1.82) is 0 Å². The molecule has 0 saturated carbocycles. The summed E-state index contributed by atoms with van der Waals surface area (Å²) in [5.74, 6) is 0. The van der Waals surface area contributed by atoms with Gasteiger partial charge in [0.05, 0.1) is 18.5 Å². The number of aromatic nitrogens is 4. The molecular weight excluding hydrogens is 334 g/mol. The van der Waals surface area contributed by atoms with Gasteiger partial charge in [0.2, 0.25) is 10.1 Å². The van der Waals surface area contributed by atoms with Crippen LogP contribution in [0.25, 0.3) is 16.2 Å². The average molecular weight is 351 g/mol. The minimum absolute atomic E-state index is 0.0448. The zero-order valence-corrected chi connectivity index (χ0v) is 14.3. The Morgan fingerprint density at radius 2 is 1.96 bits per heavy atom. The van der Waals surface area contributed by atoms with Crippen molar-refractivity contribution in [2.24, 2.45) is 0 Å². The third-order valence-corrected chi connectivity index (χ3v) is 4.78. The molecule has 2 N–H and O–H groups in total. The van der Waals surface area contributed by atoms with Crippen LogP contribution in [0.3, 0.4) is 0 Å². The monoisotopic (exact) mass is 351 g/mol. The smallest absolute Gasteiger partial charge is 0.214 e. The number of hydrogen-bond donors (Lipinski definition) is 2. The number of imidazole rings is 1. The Morgan fingerprint density at radius 1 is 1.08 bits per heavy atom. The number of benzene rings is 1. The number of hydrogen-bond acceptors (Lipinski definition) is 6. The number of nitrogens with one attached hydrogen (secondary N) is 1. The number of fused-ring (bicyclic) bond motifs is 1. The van der Waals surface area contributed by atoms with Gasteiger partial charge in [0.1, 0.15) is 0 Å². The summed E-state index contributed by atoms with van der Waals surface area (Å²) < 4.78 is 1.85. The van der Waals surface area contributed by atoms with Crippen LogP contribution in [0, 0.1) is 0 Å². The number of anilines is 1. The molecule has 0 aliphatic rings. The largest absolute Gasteiger partial charge is 0.392 e. The summed E-state index contributed by atoms with van der Waals surface area (Å²) >= 11 is 1.52. The maximum absolute atomic E-state index is 9.16. The van der Waals surface area contributed by atoms with Crippen LogP contribution in [0.15, 0.2) is 54.9 Å². The van der Waals surface area contributed by atoms with E-state index < -0.39 is 0 Å². The molecule has 0 atom stereocenters. The first-order valence-electron chi connectivity index (χ1n) is 8.02. The molecule has 3 aromatic heterocycles. The fourth-order valence-corrected chi connectivity index (χ4v) is 3.39. The van der Waals surface area contributed by atoms with Gasteiger partial charge in [0, 0.05) is 30.4 Å². The zero-order chi connectivity index (χ0) is 17.1. The Labute approximate surface area is 148 Å². The van der Waals surface area contributed by atoms with E-state index in [2.05, 4.69) is 20.4 Å². The van der Waals surface area contributed by atoms with E-state index >= 15 is 0 Å². The fourth-order valence-electron chi connectivity index (χ4n) is 2.59. The molecule has 3 heterocycles. The van der Waals surface area contributed by atoms with Gasteiger partial charge in [-0.3, -0.25) is 4.98 Å². The van der Waals surface area contributed by atoms with Gasteiger partial charge >= 0.3 is 0 Å². The first-order valence-corrected chi connectivity index (χ1v) is 8.83. The van der Waals surface area contributed by atoms with Gasteiger partial charge in [0.15, 0.2) is 0 Å². The first kappa shape index (κ1) is 15.7. The minimum Gasteiger partial charge on any atom is -0.392 e. The predicted molar refractivity (Wildman–Crippen MR) is 98.7 cm³/mol. The highest BCUT2D eigenvalue weighted by Gasteiger charge is 2.11. The quantitative estimate of drug-likeness (QED) is 0.558. The molecule has 0 fully saturated rings. The zero-order valence-electron chi connectivity index (χ0n) is 13.5. The molecule has 0 bridgehead atoms. The van der Waals surface area contributed by atoms with E-state index in [1.54, 1.807) is 6.20 Å². The number of nitrogens with zero attached hydrogens (tertiary/aromatic N) is 4.